The maximum absolute atomic E-state index is 11.9. The van der Waals surface area contributed by atoms with Crippen molar-refractivity contribution in [2.45, 2.75) is 32.3 Å². The predicted molar refractivity (Wildman–Crippen MR) is 76.2 cm³/mol. The third kappa shape index (κ3) is 4.04. The van der Waals surface area contributed by atoms with Crippen molar-refractivity contribution < 1.29 is 9.90 Å². The van der Waals surface area contributed by atoms with Gasteiger partial charge in [-0.1, -0.05) is 26.0 Å². The van der Waals surface area contributed by atoms with Crippen molar-refractivity contribution in [1.82, 2.24) is 4.90 Å². The van der Waals surface area contributed by atoms with Gasteiger partial charge in [0.1, 0.15) is 0 Å². The molecule has 0 radical (unpaired) electrons. The summed E-state index contributed by atoms with van der Waals surface area (Å²) in [7, 11) is 0. The summed E-state index contributed by atoms with van der Waals surface area (Å²) in [4.78, 5) is 13.9. The van der Waals surface area contributed by atoms with E-state index in [1.165, 1.54) is 5.56 Å². The zero-order chi connectivity index (χ0) is 13.8. The molecule has 0 aliphatic carbocycles. The molecule has 0 spiro atoms. The summed E-state index contributed by atoms with van der Waals surface area (Å²) < 4.78 is 0. The van der Waals surface area contributed by atoms with Gasteiger partial charge in [0.05, 0.1) is 12.6 Å². The summed E-state index contributed by atoms with van der Waals surface area (Å²) in [6.07, 6.45) is 0.480. The van der Waals surface area contributed by atoms with Crippen molar-refractivity contribution in [3.63, 3.8) is 0 Å². The van der Waals surface area contributed by atoms with Crippen LogP contribution in [0.5, 0.6) is 0 Å². The largest absolute Gasteiger partial charge is 0.392 e. The van der Waals surface area contributed by atoms with Crippen LogP contribution in [0.25, 0.3) is 0 Å². The summed E-state index contributed by atoms with van der Waals surface area (Å²) in [6, 6.07) is 7.95. The number of likely N-dealkylation sites (tertiary alicyclic amines) is 1. The topological polar surface area (TPSA) is 52.6 Å². The lowest BCUT2D eigenvalue weighted by molar-refractivity contribution is -0.117. The number of rotatable bonds is 4. The van der Waals surface area contributed by atoms with E-state index in [0.717, 1.165) is 18.7 Å². The third-order valence-electron chi connectivity index (χ3n) is 3.45. The van der Waals surface area contributed by atoms with E-state index in [4.69, 9.17) is 0 Å². The second kappa shape index (κ2) is 6.17. The van der Waals surface area contributed by atoms with E-state index in [9.17, 15) is 9.90 Å². The van der Waals surface area contributed by atoms with Gasteiger partial charge in [-0.25, -0.2) is 0 Å². The number of carbonyl (C=O) groups excluding carboxylic acids is 1. The van der Waals surface area contributed by atoms with Crippen LogP contribution in [0.3, 0.4) is 0 Å². The molecule has 1 saturated heterocycles. The number of carbonyl (C=O) groups is 1. The van der Waals surface area contributed by atoms with E-state index >= 15 is 0 Å². The Morgan fingerprint density at radius 3 is 2.95 bits per heavy atom. The van der Waals surface area contributed by atoms with Crippen LogP contribution in [-0.2, 0) is 4.79 Å². The van der Waals surface area contributed by atoms with Crippen LogP contribution >= 0.6 is 0 Å². The highest BCUT2D eigenvalue weighted by Gasteiger charge is 2.21. The fourth-order valence-electron chi connectivity index (χ4n) is 2.33. The molecule has 0 saturated carbocycles. The van der Waals surface area contributed by atoms with E-state index in [0.29, 0.717) is 19.0 Å². The lowest BCUT2D eigenvalue weighted by atomic mass is 10.0. The molecule has 4 nitrogen and oxygen atoms in total. The molecule has 2 rings (SSSR count). The fraction of sp³-hybridized carbons (Fsp3) is 0.533. The SMILES string of the molecule is CC(C)c1cccc(NC(=O)CN2CC[C@@H](O)C2)c1. The molecule has 104 valence electrons. The fourth-order valence-corrected chi connectivity index (χ4v) is 2.33. The first-order chi connectivity index (χ1) is 9.04. The molecule has 0 unspecified atom stereocenters. The number of nitrogens with zero attached hydrogens (tertiary/aromatic N) is 1. The van der Waals surface area contributed by atoms with Crippen LogP contribution in [0, 0.1) is 0 Å². The Balaban J connectivity index is 1.90. The van der Waals surface area contributed by atoms with Crippen molar-refractivity contribution in [2.75, 3.05) is 25.0 Å². The quantitative estimate of drug-likeness (QED) is 0.870. The molecule has 1 atom stereocenters. The summed E-state index contributed by atoms with van der Waals surface area (Å²) >= 11 is 0. The van der Waals surface area contributed by atoms with Crippen LogP contribution in [-0.4, -0.2) is 41.7 Å². The van der Waals surface area contributed by atoms with Crippen molar-refractivity contribution in [1.29, 1.82) is 0 Å². The van der Waals surface area contributed by atoms with Crippen LogP contribution in [0.1, 0.15) is 31.7 Å². The van der Waals surface area contributed by atoms with Gasteiger partial charge in [-0.2, -0.15) is 0 Å². The van der Waals surface area contributed by atoms with Gasteiger partial charge in [-0.15, -0.1) is 0 Å². The minimum Gasteiger partial charge on any atom is -0.392 e. The number of benzene rings is 1. The van der Waals surface area contributed by atoms with Crippen molar-refractivity contribution >= 4 is 11.6 Å². The summed E-state index contributed by atoms with van der Waals surface area (Å²) in [5, 5.41) is 12.3. The van der Waals surface area contributed by atoms with Gasteiger partial charge in [0.15, 0.2) is 0 Å². The van der Waals surface area contributed by atoms with Crippen molar-refractivity contribution in [3.05, 3.63) is 29.8 Å². The highest BCUT2D eigenvalue weighted by molar-refractivity contribution is 5.92. The molecule has 19 heavy (non-hydrogen) atoms. The van der Waals surface area contributed by atoms with Crippen molar-refractivity contribution in [2.24, 2.45) is 0 Å². The number of amides is 1. The smallest absolute Gasteiger partial charge is 0.238 e. The van der Waals surface area contributed by atoms with Gasteiger partial charge >= 0.3 is 0 Å². The molecule has 1 aromatic rings. The Hall–Kier alpha value is -1.39. The zero-order valence-corrected chi connectivity index (χ0v) is 11.6. The van der Waals surface area contributed by atoms with Crippen LogP contribution in [0.4, 0.5) is 5.69 Å². The lowest BCUT2D eigenvalue weighted by Gasteiger charge is -2.15. The number of aliphatic hydroxyl groups is 1. The number of hydrogen-bond donors (Lipinski definition) is 2. The van der Waals surface area contributed by atoms with E-state index in [1.807, 2.05) is 23.1 Å². The molecule has 1 aliphatic rings. The predicted octanol–water partition coefficient (Wildman–Crippen LogP) is 1.82. The molecule has 1 aliphatic heterocycles. The molecular formula is C15H22N2O2. The maximum atomic E-state index is 11.9. The molecule has 1 heterocycles. The second-order valence-corrected chi connectivity index (χ2v) is 5.51. The Kier molecular flexibility index (Phi) is 4.56. The minimum absolute atomic E-state index is 0.0185. The van der Waals surface area contributed by atoms with Crippen LogP contribution < -0.4 is 5.32 Å². The van der Waals surface area contributed by atoms with E-state index in [-0.39, 0.29) is 12.0 Å². The van der Waals surface area contributed by atoms with Gasteiger partial charge in [0, 0.05) is 18.8 Å². The van der Waals surface area contributed by atoms with E-state index < -0.39 is 0 Å². The molecular weight excluding hydrogens is 240 g/mol. The number of nitrogens with one attached hydrogen (secondary N) is 1. The summed E-state index contributed by atoms with van der Waals surface area (Å²) in [6.45, 7) is 6.00. The molecule has 2 N–H and O–H groups in total. The average molecular weight is 262 g/mol. The maximum Gasteiger partial charge on any atom is 0.238 e. The van der Waals surface area contributed by atoms with Crippen LogP contribution in [0.15, 0.2) is 24.3 Å². The van der Waals surface area contributed by atoms with Gasteiger partial charge in [-0.05, 0) is 30.0 Å². The Bertz CT molecular complexity index is 446. The summed E-state index contributed by atoms with van der Waals surface area (Å²) in [5.74, 6) is 0.431. The first-order valence-corrected chi connectivity index (χ1v) is 6.85. The highest BCUT2D eigenvalue weighted by atomic mass is 16.3. The minimum atomic E-state index is -0.280. The third-order valence-corrected chi connectivity index (χ3v) is 3.45. The average Bonchev–Trinajstić information content (AvgIpc) is 2.74. The normalized spacial score (nSPS) is 19.9. The number of aliphatic hydroxyl groups excluding tert-OH is 1. The molecule has 0 bridgehead atoms. The number of hydrogen-bond acceptors (Lipinski definition) is 3. The Labute approximate surface area is 114 Å². The monoisotopic (exact) mass is 262 g/mol. The molecule has 1 fully saturated rings. The molecule has 1 amide bonds. The van der Waals surface area contributed by atoms with Gasteiger partial charge in [-0.3, -0.25) is 9.69 Å². The molecule has 4 heteroatoms. The number of anilines is 1. The first kappa shape index (κ1) is 14.0. The lowest BCUT2D eigenvalue weighted by Crippen LogP contribution is -2.32. The van der Waals surface area contributed by atoms with Gasteiger partial charge in [0.2, 0.25) is 5.91 Å². The zero-order valence-electron chi connectivity index (χ0n) is 11.6. The van der Waals surface area contributed by atoms with E-state index in [2.05, 4.69) is 25.2 Å². The first-order valence-electron chi connectivity index (χ1n) is 6.85. The summed E-state index contributed by atoms with van der Waals surface area (Å²) in [5.41, 5.74) is 2.06. The highest BCUT2D eigenvalue weighted by Crippen LogP contribution is 2.18. The number of β-amino-alcohol motifs (C(OH)–C–C–N with tert-alkyl or cyclic N) is 1. The van der Waals surface area contributed by atoms with Gasteiger partial charge < -0.3 is 10.4 Å². The second-order valence-electron chi connectivity index (χ2n) is 5.51. The molecule has 1 aromatic carbocycles. The van der Waals surface area contributed by atoms with Crippen molar-refractivity contribution in [3.8, 4) is 0 Å². The van der Waals surface area contributed by atoms with Crippen LogP contribution in [0.2, 0.25) is 0 Å². The van der Waals surface area contributed by atoms with E-state index in [1.54, 1.807) is 0 Å². The van der Waals surface area contributed by atoms with Gasteiger partial charge in [0.25, 0.3) is 0 Å². The molecule has 0 aromatic heterocycles. The Morgan fingerprint density at radius 1 is 1.53 bits per heavy atom. The Morgan fingerprint density at radius 2 is 2.32 bits per heavy atom. The standard InChI is InChI=1S/C15H22N2O2/c1-11(2)12-4-3-5-13(8-12)16-15(19)10-17-7-6-14(18)9-17/h3-5,8,11,14,18H,6-7,9-10H2,1-2H3,(H,16,19)/t14-/m1/s1.